The lowest BCUT2D eigenvalue weighted by Crippen LogP contribution is -2.05. The van der Waals surface area contributed by atoms with Crippen LogP contribution >= 0.6 is 11.8 Å². The summed E-state index contributed by atoms with van der Waals surface area (Å²) in [7, 11) is 1.45. The van der Waals surface area contributed by atoms with Gasteiger partial charge in [-0.1, -0.05) is 12.8 Å². The van der Waals surface area contributed by atoms with Crippen LogP contribution in [0.2, 0.25) is 0 Å². The molecule has 3 N–H and O–H groups in total. The van der Waals surface area contributed by atoms with Gasteiger partial charge < -0.3 is 15.8 Å². The maximum Gasteiger partial charge on any atom is 0.167 e. The summed E-state index contributed by atoms with van der Waals surface area (Å²) < 4.78 is 18.3. The molecule has 108 valence electrons. The van der Waals surface area contributed by atoms with Crippen LogP contribution in [-0.2, 0) is 0 Å². The molecule has 0 amide bonds. The van der Waals surface area contributed by atoms with E-state index in [1.54, 1.807) is 6.07 Å². The van der Waals surface area contributed by atoms with Crippen molar-refractivity contribution in [1.29, 1.82) is 0 Å². The minimum atomic E-state index is -0.428. The molecule has 1 rings (SSSR count). The van der Waals surface area contributed by atoms with Crippen molar-refractivity contribution in [2.24, 2.45) is 0 Å². The lowest BCUT2D eigenvalue weighted by atomic mass is 10.2. The fraction of sp³-hybridized carbons (Fsp3) is 0.571. The van der Waals surface area contributed by atoms with Crippen molar-refractivity contribution in [1.82, 2.24) is 0 Å². The van der Waals surface area contributed by atoms with E-state index in [0.29, 0.717) is 5.69 Å². The number of hydrogen-bond donors (Lipinski definition) is 2. The van der Waals surface area contributed by atoms with Crippen LogP contribution in [-0.4, -0.2) is 25.7 Å². The quantitative estimate of drug-likeness (QED) is 0.536. The van der Waals surface area contributed by atoms with E-state index in [0.717, 1.165) is 18.7 Å². The molecule has 0 aromatic heterocycles. The fourth-order valence-electron chi connectivity index (χ4n) is 1.83. The van der Waals surface area contributed by atoms with Crippen LogP contribution in [0.5, 0.6) is 5.75 Å². The van der Waals surface area contributed by atoms with Gasteiger partial charge in [-0.15, -0.1) is 0 Å². The molecule has 1 aromatic carbocycles. The largest absolute Gasteiger partial charge is 0.494 e. The lowest BCUT2D eigenvalue weighted by Gasteiger charge is -2.11. The molecule has 0 saturated heterocycles. The van der Waals surface area contributed by atoms with Crippen molar-refractivity contribution in [3.05, 3.63) is 17.9 Å². The zero-order chi connectivity index (χ0) is 14.1. The number of nitrogens with one attached hydrogen (secondary N) is 1. The van der Waals surface area contributed by atoms with Gasteiger partial charge in [0.1, 0.15) is 0 Å². The molecule has 19 heavy (non-hydrogen) atoms. The Hall–Kier alpha value is -1.10. The van der Waals surface area contributed by atoms with E-state index in [9.17, 15) is 4.39 Å². The molecule has 0 fully saturated rings. The summed E-state index contributed by atoms with van der Waals surface area (Å²) in [5.74, 6) is 1.02. The van der Waals surface area contributed by atoms with E-state index in [4.69, 9.17) is 10.5 Å². The predicted octanol–water partition coefficient (Wildman–Crippen LogP) is 3.75. The Morgan fingerprint density at radius 3 is 2.68 bits per heavy atom. The van der Waals surface area contributed by atoms with E-state index in [-0.39, 0.29) is 5.75 Å². The Kier molecular flexibility index (Phi) is 7.48. The Morgan fingerprint density at radius 1 is 1.26 bits per heavy atom. The molecule has 0 saturated carbocycles. The van der Waals surface area contributed by atoms with Crippen LogP contribution in [0.4, 0.5) is 15.8 Å². The molecule has 0 heterocycles. The number of anilines is 2. The number of unbranched alkanes of at least 4 members (excludes halogenated alkanes) is 3. The normalized spacial score (nSPS) is 10.5. The average Bonchev–Trinajstić information content (AvgIpc) is 2.40. The van der Waals surface area contributed by atoms with Crippen molar-refractivity contribution in [3.8, 4) is 5.75 Å². The zero-order valence-electron chi connectivity index (χ0n) is 11.7. The summed E-state index contributed by atoms with van der Waals surface area (Å²) in [6.07, 6.45) is 6.95. The highest BCUT2D eigenvalue weighted by Gasteiger charge is 2.07. The third-order valence-corrected chi connectivity index (χ3v) is 3.61. The molecule has 0 radical (unpaired) electrons. The van der Waals surface area contributed by atoms with Gasteiger partial charge in [-0.2, -0.15) is 11.8 Å². The van der Waals surface area contributed by atoms with E-state index in [2.05, 4.69) is 11.6 Å². The van der Waals surface area contributed by atoms with Crippen LogP contribution in [0, 0.1) is 5.82 Å². The maximum atomic E-state index is 13.4. The molecule has 0 spiro atoms. The molecule has 5 heteroatoms. The highest BCUT2D eigenvalue weighted by atomic mass is 32.2. The van der Waals surface area contributed by atoms with Gasteiger partial charge in [0, 0.05) is 18.7 Å². The van der Waals surface area contributed by atoms with E-state index >= 15 is 0 Å². The Bertz CT molecular complexity index is 388. The van der Waals surface area contributed by atoms with Crippen molar-refractivity contribution in [2.75, 3.05) is 36.7 Å². The minimum Gasteiger partial charge on any atom is -0.494 e. The molecular weight excluding hydrogens is 263 g/mol. The zero-order valence-corrected chi connectivity index (χ0v) is 12.5. The molecule has 1 aromatic rings. The molecule has 0 bridgehead atoms. The third-order valence-electron chi connectivity index (χ3n) is 2.91. The number of nitrogens with two attached hydrogens (primary N) is 1. The first kappa shape index (κ1) is 16.0. The first-order valence-electron chi connectivity index (χ1n) is 6.55. The van der Waals surface area contributed by atoms with Gasteiger partial charge >= 0.3 is 0 Å². The minimum absolute atomic E-state index is 0.219. The standard InChI is InChI=1S/C14H23FN2OS/c1-18-14-10-13(12(16)9-11(14)15)17-7-5-3-4-6-8-19-2/h9-10,17H,3-8,16H2,1-2H3. The number of halogens is 1. The van der Waals surface area contributed by atoms with Crippen LogP contribution in [0.15, 0.2) is 12.1 Å². The van der Waals surface area contributed by atoms with E-state index in [1.165, 1.54) is 38.2 Å². The predicted molar refractivity (Wildman–Crippen MR) is 82.7 cm³/mol. The van der Waals surface area contributed by atoms with Gasteiger partial charge in [0.05, 0.1) is 18.5 Å². The van der Waals surface area contributed by atoms with Crippen molar-refractivity contribution in [2.45, 2.75) is 25.7 Å². The van der Waals surface area contributed by atoms with E-state index < -0.39 is 5.82 Å². The molecule has 0 unspecified atom stereocenters. The van der Waals surface area contributed by atoms with Gasteiger partial charge in [-0.3, -0.25) is 0 Å². The number of nitrogen functional groups attached to an aromatic ring is 1. The Balaban J connectivity index is 2.33. The van der Waals surface area contributed by atoms with Gasteiger partial charge in [0.15, 0.2) is 11.6 Å². The number of benzene rings is 1. The topological polar surface area (TPSA) is 47.3 Å². The van der Waals surface area contributed by atoms with E-state index in [1.807, 2.05) is 11.8 Å². The molecule has 0 aliphatic heterocycles. The Morgan fingerprint density at radius 2 is 2.00 bits per heavy atom. The number of rotatable bonds is 9. The van der Waals surface area contributed by atoms with Crippen LogP contribution in [0.3, 0.4) is 0 Å². The smallest absolute Gasteiger partial charge is 0.167 e. The second kappa shape index (κ2) is 8.91. The van der Waals surface area contributed by atoms with Crippen LogP contribution in [0.25, 0.3) is 0 Å². The van der Waals surface area contributed by atoms with Gasteiger partial charge in [0.25, 0.3) is 0 Å². The number of hydrogen-bond acceptors (Lipinski definition) is 4. The van der Waals surface area contributed by atoms with Crippen LogP contribution in [0.1, 0.15) is 25.7 Å². The summed E-state index contributed by atoms with van der Waals surface area (Å²) in [6.45, 7) is 0.845. The van der Waals surface area contributed by atoms with Gasteiger partial charge in [-0.05, 0) is 24.9 Å². The molecule has 0 atom stereocenters. The second-order valence-corrected chi connectivity index (χ2v) is 5.39. The number of methoxy groups -OCH3 is 1. The summed E-state index contributed by atoms with van der Waals surface area (Å²) in [5.41, 5.74) is 6.92. The number of ether oxygens (including phenoxy) is 1. The summed E-state index contributed by atoms with van der Waals surface area (Å²) in [4.78, 5) is 0. The monoisotopic (exact) mass is 286 g/mol. The molecule has 0 aliphatic rings. The highest BCUT2D eigenvalue weighted by Crippen LogP contribution is 2.27. The van der Waals surface area contributed by atoms with Gasteiger partial charge in [-0.25, -0.2) is 4.39 Å². The average molecular weight is 286 g/mol. The molecule has 0 aliphatic carbocycles. The van der Waals surface area contributed by atoms with Crippen molar-refractivity contribution in [3.63, 3.8) is 0 Å². The molecular formula is C14H23FN2OS. The second-order valence-electron chi connectivity index (χ2n) is 4.41. The summed E-state index contributed by atoms with van der Waals surface area (Å²) in [6, 6.07) is 2.90. The SMILES string of the molecule is COc1cc(NCCCCCCSC)c(N)cc1F. The first-order valence-corrected chi connectivity index (χ1v) is 7.94. The lowest BCUT2D eigenvalue weighted by molar-refractivity contribution is 0.387. The summed E-state index contributed by atoms with van der Waals surface area (Å²) in [5, 5.41) is 3.23. The van der Waals surface area contributed by atoms with Crippen molar-refractivity contribution < 1.29 is 9.13 Å². The van der Waals surface area contributed by atoms with Crippen LogP contribution < -0.4 is 15.8 Å². The fourth-order valence-corrected chi connectivity index (χ4v) is 2.32. The summed E-state index contributed by atoms with van der Waals surface area (Å²) >= 11 is 1.89. The maximum absolute atomic E-state index is 13.4. The van der Waals surface area contributed by atoms with Crippen molar-refractivity contribution >= 4 is 23.1 Å². The first-order chi connectivity index (χ1) is 9.19. The highest BCUT2D eigenvalue weighted by molar-refractivity contribution is 7.98. The Labute approximate surface area is 119 Å². The number of thioether (sulfide) groups is 1. The van der Waals surface area contributed by atoms with Gasteiger partial charge in [0.2, 0.25) is 0 Å². The molecule has 3 nitrogen and oxygen atoms in total. The third kappa shape index (κ3) is 5.59.